The second-order valence-electron chi connectivity index (χ2n) is 11.4. The van der Waals surface area contributed by atoms with E-state index in [1.54, 1.807) is 60.7 Å². The van der Waals surface area contributed by atoms with Gasteiger partial charge in [-0.1, -0.05) is 19.1 Å². The number of phenolic OH excluding ortho intramolecular Hbond substituents is 1. The van der Waals surface area contributed by atoms with Crippen LogP contribution in [-0.4, -0.2) is 62.1 Å². The fourth-order valence-electron chi connectivity index (χ4n) is 5.00. The molecule has 0 unspecified atom stereocenters. The molecule has 52 heavy (non-hydrogen) atoms. The normalized spacial score (nSPS) is 11.0. The first-order chi connectivity index (χ1) is 25.0. The number of hydrogen-bond donors (Lipinski definition) is 2. The standard InChI is InChI=1S/C38H40N6O8/c1-6-27-20-30(41-40-29-9-7-8-28(21-29)38(49)33-13-12-32(50-5)23-37(33)48)10-14-34(27)42-43-35-15-11-31(22-36(35)39-24(2)45)44(16-18-51-25(3)46)17-19-52-26(4)47/h7-15,20-23,48H,6,16-19H2,1-5H3,(H,39,45). The van der Waals surface area contributed by atoms with Gasteiger partial charge in [0.15, 0.2) is 5.78 Å². The van der Waals surface area contributed by atoms with Gasteiger partial charge in [-0.2, -0.15) is 15.3 Å². The van der Waals surface area contributed by atoms with Crippen molar-refractivity contribution in [1.82, 2.24) is 0 Å². The van der Waals surface area contributed by atoms with Gasteiger partial charge < -0.3 is 29.5 Å². The molecule has 2 N–H and O–H groups in total. The van der Waals surface area contributed by atoms with E-state index in [1.165, 1.54) is 40.0 Å². The number of benzene rings is 4. The molecule has 0 spiro atoms. The molecule has 0 aliphatic heterocycles. The third kappa shape index (κ3) is 11.0. The van der Waals surface area contributed by atoms with E-state index in [2.05, 4.69) is 25.8 Å². The lowest BCUT2D eigenvalue weighted by atomic mass is 10.0. The van der Waals surface area contributed by atoms with Gasteiger partial charge in [0.1, 0.15) is 30.4 Å². The number of nitrogens with one attached hydrogen (secondary N) is 1. The molecule has 0 saturated heterocycles. The van der Waals surface area contributed by atoms with Crippen LogP contribution in [-0.2, 0) is 30.3 Å². The summed E-state index contributed by atoms with van der Waals surface area (Å²) in [6.45, 7) is 6.87. The number of phenols is 1. The highest BCUT2D eigenvalue weighted by atomic mass is 16.5. The Labute approximate surface area is 301 Å². The fourth-order valence-corrected chi connectivity index (χ4v) is 5.00. The lowest BCUT2D eigenvalue weighted by Gasteiger charge is -2.25. The van der Waals surface area contributed by atoms with Crippen LogP contribution in [0.1, 0.15) is 49.2 Å². The summed E-state index contributed by atoms with van der Waals surface area (Å²) in [5.74, 6) is -1.25. The van der Waals surface area contributed by atoms with E-state index >= 15 is 0 Å². The Morgan fingerprint density at radius 3 is 2.02 bits per heavy atom. The number of rotatable bonds is 16. The molecule has 0 bridgehead atoms. The van der Waals surface area contributed by atoms with Crippen LogP contribution in [0.4, 0.5) is 34.1 Å². The molecule has 0 aliphatic rings. The molecule has 0 aromatic heterocycles. The third-order valence-corrected chi connectivity index (χ3v) is 7.54. The lowest BCUT2D eigenvalue weighted by molar-refractivity contribution is -0.141. The highest BCUT2D eigenvalue weighted by Crippen LogP contribution is 2.34. The predicted molar refractivity (Wildman–Crippen MR) is 195 cm³/mol. The number of ketones is 1. The van der Waals surface area contributed by atoms with Gasteiger partial charge in [-0.15, -0.1) is 5.11 Å². The van der Waals surface area contributed by atoms with Crippen LogP contribution in [0.3, 0.4) is 0 Å². The van der Waals surface area contributed by atoms with E-state index in [1.807, 2.05) is 17.9 Å². The van der Waals surface area contributed by atoms with Crippen LogP contribution >= 0.6 is 0 Å². The van der Waals surface area contributed by atoms with Crippen molar-refractivity contribution in [3.8, 4) is 11.5 Å². The highest BCUT2D eigenvalue weighted by Gasteiger charge is 2.16. The minimum absolute atomic E-state index is 0.115. The number of aromatic hydroxyl groups is 1. The van der Waals surface area contributed by atoms with E-state index in [9.17, 15) is 24.3 Å². The molecule has 1 amide bonds. The van der Waals surface area contributed by atoms with Crippen LogP contribution < -0.4 is 15.0 Å². The number of nitrogens with zero attached hydrogens (tertiary/aromatic N) is 5. The van der Waals surface area contributed by atoms with Gasteiger partial charge in [-0.3, -0.25) is 19.2 Å². The highest BCUT2D eigenvalue weighted by molar-refractivity contribution is 6.11. The molecule has 0 saturated carbocycles. The molecule has 14 nitrogen and oxygen atoms in total. The maximum absolute atomic E-state index is 13.1. The summed E-state index contributed by atoms with van der Waals surface area (Å²) in [4.78, 5) is 49.7. The Kier molecular flexibility index (Phi) is 13.7. The van der Waals surface area contributed by atoms with Crippen LogP contribution in [0.2, 0.25) is 0 Å². The van der Waals surface area contributed by atoms with Crippen LogP contribution in [0.5, 0.6) is 11.5 Å². The Hall–Kier alpha value is -6.44. The molecule has 0 aliphatic carbocycles. The third-order valence-electron chi connectivity index (χ3n) is 7.54. The molecular formula is C38H40N6O8. The largest absolute Gasteiger partial charge is 0.507 e. The molecule has 0 heterocycles. The SMILES string of the molecule is CCc1cc(N=Nc2cccc(C(=O)c3ccc(OC)cc3O)c2)ccc1N=Nc1ccc(N(CCOC(C)=O)CCOC(C)=O)cc1NC(C)=O. The average molecular weight is 709 g/mol. The maximum atomic E-state index is 13.1. The topological polar surface area (TPSA) is 181 Å². The molecule has 4 aromatic rings. The zero-order valence-corrected chi connectivity index (χ0v) is 29.6. The Morgan fingerprint density at radius 2 is 1.40 bits per heavy atom. The van der Waals surface area contributed by atoms with E-state index in [0.29, 0.717) is 64.9 Å². The van der Waals surface area contributed by atoms with Crippen molar-refractivity contribution in [2.24, 2.45) is 20.5 Å². The first-order valence-electron chi connectivity index (χ1n) is 16.4. The van der Waals surface area contributed by atoms with Crippen molar-refractivity contribution < 1.29 is 38.5 Å². The van der Waals surface area contributed by atoms with Gasteiger partial charge in [-0.25, -0.2) is 0 Å². The second-order valence-corrected chi connectivity index (χ2v) is 11.4. The number of ether oxygens (including phenoxy) is 3. The Balaban J connectivity index is 1.53. The van der Waals surface area contributed by atoms with Gasteiger partial charge in [0.05, 0.1) is 48.5 Å². The summed E-state index contributed by atoms with van der Waals surface area (Å²) >= 11 is 0. The molecular weight excluding hydrogens is 668 g/mol. The summed E-state index contributed by atoms with van der Waals surface area (Å²) in [7, 11) is 1.48. The van der Waals surface area contributed by atoms with Gasteiger partial charge in [0.2, 0.25) is 5.91 Å². The number of hydrogen-bond acceptors (Lipinski definition) is 13. The van der Waals surface area contributed by atoms with Crippen LogP contribution in [0.15, 0.2) is 99.3 Å². The number of amides is 1. The predicted octanol–water partition coefficient (Wildman–Crippen LogP) is 7.92. The zero-order chi connectivity index (χ0) is 37.6. The van der Waals surface area contributed by atoms with Crippen LogP contribution in [0, 0.1) is 0 Å². The van der Waals surface area contributed by atoms with Crippen molar-refractivity contribution in [2.75, 3.05) is 43.6 Å². The smallest absolute Gasteiger partial charge is 0.302 e. The number of aryl methyl sites for hydroxylation is 1. The molecule has 4 aromatic carbocycles. The minimum Gasteiger partial charge on any atom is -0.507 e. The number of azo groups is 2. The van der Waals surface area contributed by atoms with E-state index < -0.39 is 11.9 Å². The minimum atomic E-state index is -0.413. The maximum Gasteiger partial charge on any atom is 0.302 e. The quantitative estimate of drug-likeness (QED) is 0.0664. The first-order valence-corrected chi connectivity index (χ1v) is 16.4. The number of methoxy groups -OCH3 is 1. The van der Waals surface area contributed by atoms with Crippen LogP contribution in [0.25, 0.3) is 0 Å². The monoisotopic (exact) mass is 708 g/mol. The van der Waals surface area contributed by atoms with Gasteiger partial charge in [0.25, 0.3) is 0 Å². The summed E-state index contributed by atoms with van der Waals surface area (Å²) in [6, 6.07) is 21.7. The van der Waals surface area contributed by atoms with Gasteiger partial charge >= 0.3 is 11.9 Å². The van der Waals surface area contributed by atoms with E-state index in [-0.39, 0.29) is 36.2 Å². The number of carbonyl (C=O) groups excluding carboxylic acids is 4. The molecule has 270 valence electrons. The number of anilines is 2. The Bertz CT molecular complexity index is 1970. The van der Waals surface area contributed by atoms with Gasteiger partial charge in [0, 0.05) is 38.1 Å². The van der Waals surface area contributed by atoms with Crippen molar-refractivity contribution in [3.05, 3.63) is 95.6 Å². The first kappa shape index (κ1) is 38.4. The summed E-state index contributed by atoms with van der Waals surface area (Å²) in [5, 5.41) is 30.7. The second kappa shape index (κ2) is 18.5. The summed E-state index contributed by atoms with van der Waals surface area (Å²) in [6.07, 6.45) is 0.615. The summed E-state index contributed by atoms with van der Waals surface area (Å²) < 4.78 is 15.3. The number of esters is 2. The zero-order valence-electron chi connectivity index (χ0n) is 29.6. The molecule has 0 radical (unpaired) electrons. The van der Waals surface area contributed by atoms with Crippen molar-refractivity contribution in [1.29, 1.82) is 0 Å². The van der Waals surface area contributed by atoms with E-state index in [4.69, 9.17) is 14.2 Å². The molecule has 14 heteroatoms. The molecule has 0 fully saturated rings. The average Bonchev–Trinajstić information content (AvgIpc) is 3.12. The fraction of sp³-hybridized carbons (Fsp3) is 0.263. The number of carbonyl (C=O) groups is 4. The lowest BCUT2D eigenvalue weighted by Crippen LogP contribution is -2.32. The van der Waals surface area contributed by atoms with Crippen molar-refractivity contribution >= 4 is 57.8 Å². The molecule has 0 atom stereocenters. The Morgan fingerprint density at radius 1 is 0.750 bits per heavy atom. The summed E-state index contributed by atoms with van der Waals surface area (Å²) in [5.41, 5.74) is 4.42. The molecule has 4 rings (SSSR count). The van der Waals surface area contributed by atoms with E-state index in [0.717, 1.165) is 5.56 Å². The van der Waals surface area contributed by atoms with Crippen molar-refractivity contribution in [3.63, 3.8) is 0 Å². The van der Waals surface area contributed by atoms with Gasteiger partial charge in [-0.05, 0) is 72.6 Å². The van der Waals surface area contributed by atoms with Crippen molar-refractivity contribution in [2.45, 2.75) is 34.1 Å².